The molecular formula is C34H54F6N4O. The van der Waals surface area contributed by atoms with Crippen molar-refractivity contribution in [3.8, 4) is 0 Å². The molecule has 3 fully saturated rings. The molecule has 0 N–H and O–H groups in total. The lowest BCUT2D eigenvalue weighted by Gasteiger charge is -2.50. The summed E-state index contributed by atoms with van der Waals surface area (Å²) in [4.78, 5) is 8.43. The molecule has 0 amide bonds. The summed E-state index contributed by atoms with van der Waals surface area (Å²) >= 11 is 0. The van der Waals surface area contributed by atoms with Crippen LogP contribution in [0.15, 0.2) is 30.3 Å². The topological polar surface area (TPSA) is 22.2 Å². The summed E-state index contributed by atoms with van der Waals surface area (Å²) in [6.45, 7) is 14.2. The van der Waals surface area contributed by atoms with E-state index in [-0.39, 0.29) is 24.0 Å². The first-order valence-corrected chi connectivity index (χ1v) is 16.7. The summed E-state index contributed by atoms with van der Waals surface area (Å²) in [5, 5.41) is 0. The van der Waals surface area contributed by atoms with Gasteiger partial charge in [-0.05, 0) is 78.5 Å². The SMILES string of the molecule is CC(C)N1CCC(N(CC(F)(F)F)C(CC(C)(C)N2CCC(N(CCC(F)(F)F)CC3(C)COC3)CC2)c2ccccc2)CC1. The van der Waals surface area contributed by atoms with Crippen LogP contribution >= 0.6 is 0 Å². The largest absolute Gasteiger partial charge is 0.401 e. The molecular weight excluding hydrogens is 594 g/mol. The van der Waals surface area contributed by atoms with Gasteiger partial charge in [-0.3, -0.25) is 14.7 Å². The summed E-state index contributed by atoms with van der Waals surface area (Å²) < 4.78 is 87.6. The van der Waals surface area contributed by atoms with Gasteiger partial charge in [-0.2, -0.15) is 26.3 Å². The van der Waals surface area contributed by atoms with Gasteiger partial charge >= 0.3 is 12.4 Å². The number of ether oxygens (including phenoxy) is 1. The van der Waals surface area contributed by atoms with Gasteiger partial charge in [0.15, 0.2) is 0 Å². The Morgan fingerprint density at radius 1 is 0.867 bits per heavy atom. The Kier molecular flexibility index (Phi) is 12.0. The number of hydrogen-bond acceptors (Lipinski definition) is 5. The lowest BCUT2D eigenvalue weighted by Crippen LogP contribution is -2.57. The quantitative estimate of drug-likeness (QED) is 0.208. The van der Waals surface area contributed by atoms with Crippen LogP contribution in [0.1, 0.15) is 84.7 Å². The zero-order valence-corrected chi connectivity index (χ0v) is 27.8. The third-order valence-corrected chi connectivity index (χ3v) is 10.3. The van der Waals surface area contributed by atoms with Crippen LogP contribution in [-0.2, 0) is 4.74 Å². The van der Waals surface area contributed by atoms with E-state index >= 15 is 0 Å². The maximum Gasteiger partial charge on any atom is 0.401 e. The Morgan fingerprint density at radius 3 is 1.93 bits per heavy atom. The first-order valence-electron chi connectivity index (χ1n) is 16.7. The minimum absolute atomic E-state index is 0.0226. The van der Waals surface area contributed by atoms with Crippen molar-refractivity contribution in [3.05, 3.63) is 35.9 Å². The number of benzene rings is 1. The number of likely N-dealkylation sites (tertiary alicyclic amines) is 2. The monoisotopic (exact) mass is 648 g/mol. The van der Waals surface area contributed by atoms with Crippen LogP contribution in [0, 0.1) is 5.41 Å². The fourth-order valence-corrected chi connectivity index (χ4v) is 7.67. The van der Waals surface area contributed by atoms with Crippen LogP contribution in [0.3, 0.4) is 0 Å². The first kappa shape index (κ1) is 36.4. The van der Waals surface area contributed by atoms with Crippen molar-refractivity contribution in [2.24, 2.45) is 5.41 Å². The maximum absolute atomic E-state index is 14.2. The molecule has 3 saturated heterocycles. The van der Waals surface area contributed by atoms with E-state index < -0.39 is 36.9 Å². The van der Waals surface area contributed by atoms with E-state index in [0.29, 0.717) is 58.2 Å². The molecule has 0 radical (unpaired) electrons. The lowest BCUT2D eigenvalue weighted by atomic mass is 9.84. The maximum atomic E-state index is 14.2. The number of rotatable bonds is 13. The molecule has 5 nitrogen and oxygen atoms in total. The van der Waals surface area contributed by atoms with Crippen molar-refractivity contribution in [1.82, 2.24) is 19.6 Å². The van der Waals surface area contributed by atoms with Crippen molar-refractivity contribution in [3.63, 3.8) is 0 Å². The van der Waals surface area contributed by atoms with E-state index in [1.807, 2.05) is 35.2 Å². The molecule has 1 aromatic rings. The smallest absolute Gasteiger partial charge is 0.380 e. The molecule has 0 aliphatic carbocycles. The summed E-state index contributed by atoms with van der Waals surface area (Å²) in [5.41, 5.74) is 0.349. The first-order chi connectivity index (χ1) is 20.9. The van der Waals surface area contributed by atoms with Crippen molar-refractivity contribution in [1.29, 1.82) is 0 Å². The molecule has 1 unspecified atom stereocenters. The number of hydrogen-bond donors (Lipinski definition) is 0. The minimum Gasteiger partial charge on any atom is -0.380 e. The predicted octanol–water partition coefficient (Wildman–Crippen LogP) is 7.39. The molecule has 11 heteroatoms. The van der Waals surface area contributed by atoms with Crippen molar-refractivity contribution in [2.45, 2.75) is 115 Å². The third-order valence-electron chi connectivity index (χ3n) is 10.3. The van der Waals surface area contributed by atoms with Crippen LogP contribution in [0.25, 0.3) is 0 Å². The normalized spacial score (nSPS) is 22.4. The molecule has 0 aromatic heterocycles. The predicted molar refractivity (Wildman–Crippen MR) is 166 cm³/mol. The van der Waals surface area contributed by atoms with E-state index in [2.05, 4.69) is 44.4 Å². The number of halogens is 6. The minimum atomic E-state index is -4.33. The summed E-state index contributed by atoms with van der Waals surface area (Å²) in [5.74, 6) is 0. The van der Waals surface area contributed by atoms with E-state index in [1.165, 1.54) is 0 Å². The average Bonchev–Trinajstić information content (AvgIpc) is 2.96. The summed E-state index contributed by atoms with van der Waals surface area (Å²) in [6, 6.07) is 9.40. The molecule has 1 aromatic carbocycles. The molecule has 3 aliphatic rings. The van der Waals surface area contributed by atoms with Gasteiger partial charge in [0.2, 0.25) is 0 Å². The Balaban J connectivity index is 1.49. The van der Waals surface area contributed by atoms with E-state index in [0.717, 1.165) is 31.5 Å². The molecule has 45 heavy (non-hydrogen) atoms. The molecule has 0 bridgehead atoms. The Morgan fingerprint density at radius 2 is 1.44 bits per heavy atom. The van der Waals surface area contributed by atoms with Crippen LogP contribution in [0.4, 0.5) is 26.3 Å². The molecule has 0 saturated carbocycles. The Labute approximate surface area is 266 Å². The standard InChI is InChI=1S/C34H54F6N4O/c1-26(2)41-16-11-29(12-17-41)44(23-34(38,39)40)30(27-9-7-6-8-10-27)21-31(3,4)43-18-13-28(14-19-43)42(20-15-33(35,36)37)22-32(5)24-45-25-32/h6-10,26,28-30H,11-25H2,1-5H3. The molecule has 1 atom stereocenters. The van der Waals surface area contributed by atoms with Crippen LogP contribution in [0.5, 0.6) is 0 Å². The summed E-state index contributed by atoms with van der Waals surface area (Å²) in [6.07, 6.45) is -6.00. The molecule has 4 rings (SSSR count). The fraction of sp³-hybridized carbons (Fsp3) is 0.824. The van der Waals surface area contributed by atoms with Crippen molar-refractivity contribution < 1.29 is 31.1 Å². The highest BCUT2D eigenvalue weighted by atomic mass is 19.4. The van der Waals surface area contributed by atoms with E-state index in [1.54, 1.807) is 4.90 Å². The second-order valence-electron chi connectivity index (χ2n) is 14.9. The summed E-state index contributed by atoms with van der Waals surface area (Å²) in [7, 11) is 0. The van der Waals surface area contributed by atoms with Crippen LogP contribution in [-0.4, -0.2) is 115 Å². The van der Waals surface area contributed by atoms with Gasteiger partial charge in [0.05, 0.1) is 26.2 Å². The van der Waals surface area contributed by atoms with Gasteiger partial charge in [-0.15, -0.1) is 0 Å². The average molecular weight is 649 g/mol. The zero-order chi connectivity index (χ0) is 33.0. The van der Waals surface area contributed by atoms with Gasteiger partial charge in [0, 0.05) is 61.3 Å². The second-order valence-corrected chi connectivity index (χ2v) is 14.9. The van der Waals surface area contributed by atoms with Gasteiger partial charge in [0.1, 0.15) is 0 Å². The highest BCUT2D eigenvalue weighted by molar-refractivity contribution is 5.20. The zero-order valence-electron chi connectivity index (χ0n) is 27.8. The number of piperidine rings is 2. The molecule has 0 spiro atoms. The Bertz CT molecular complexity index is 1030. The van der Waals surface area contributed by atoms with Gasteiger partial charge in [-0.25, -0.2) is 0 Å². The highest BCUT2D eigenvalue weighted by Crippen LogP contribution is 2.40. The number of nitrogens with zero attached hydrogens (tertiary/aromatic N) is 4. The van der Waals surface area contributed by atoms with Crippen LogP contribution in [0.2, 0.25) is 0 Å². The lowest BCUT2D eigenvalue weighted by molar-refractivity contribution is -0.162. The van der Waals surface area contributed by atoms with Crippen molar-refractivity contribution in [2.75, 3.05) is 59.0 Å². The van der Waals surface area contributed by atoms with E-state index in [4.69, 9.17) is 4.74 Å². The molecule has 3 aliphatic heterocycles. The molecule has 258 valence electrons. The van der Waals surface area contributed by atoms with Gasteiger partial charge in [0.25, 0.3) is 0 Å². The van der Waals surface area contributed by atoms with Crippen LogP contribution < -0.4 is 0 Å². The van der Waals surface area contributed by atoms with Crippen molar-refractivity contribution >= 4 is 0 Å². The second kappa shape index (κ2) is 14.8. The third kappa shape index (κ3) is 10.5. The number of alkyl halides is 6. The van der Waals surface area contributed by atoms with E-state index in [9.17, 15) is 26.3 Å². The highest BCUT2D eigenvalue weighted by Gasteiger charge is 2.44. The van der Waals surface area contributed by atoms with Gasteiger partial charge in [-0.1, -0.05) is 37.3 Å². The Hall–Kier alpha value is -1.40. The fourth-order valence-electron chi connectivity index (χ4n) is 7.67. The van der Waals surface area contributed by atoms with Gasteiger partial charge < -0.3 is 9.64 Å². The molecule has 3 heterocycles.